The molecule has 0 fully saturated rings. The molecule has 2 rings (SSSR count). The number of aromatic nitrogens is 4. The van der Waals surface area contributed by atoms with Crippen LogP contribution in [0.4, 0.5) is 0 Å². The maximum atomic E-state index is 3.80. The van der Waals surface area contributed by atoms with E-state index in [1.165, 1.54) is 5.56 Å². The highest BCUT2D eigenvalue weighted by molar-refractivity contribution is 5.14. The smallest absolute Gasteiger partial charge is 0.138 e. The van der Waals surface area contributed by atoms with Crippen LogP contribution >= 0.6 is 0 Å². The molecule has 72 valence electrons. The molecule has 0 saturated carbocycles. The van der Waals surface area contributed by atoms with E-state index in [-0.39, 0.29) is 0 Å². The molecule has 0 saturated heterocycles. The molecule has 0 N–H and O–H groups in total. The monoisotopic (exact) mass is 188 g/mol. The SMILES string of the molecule is c1ccc(CCCn2cnnn2)cc1. The predicted molar refractivity (Wildman–Crippen MR) is 52.6 cm³/mol. The average molecular weight is 188 g/mol. The molecule has 4 heteroatoms. The topological polar surface area (TPSA) is 43.6 Å². The van der Waals surface area contributed by atoms with Gasteiger partial charge in [0.2, 0.25) is 0 Å². The first-order valence-electron chi connectivity index (χ1n) is 4.70. The Hall–Kier alpha value is -1.71. The van der Waals surface area contributed by atoms with Crippen LogP contribution in [0, 0.1) is 0 Å². The van der Waals surface area contributed by atoms with Gasteiger partial charge in [0.15, 0.2) is 0 Å². The Morgan fingerprint density at radius 1 is 1.14 bits per heavy atom. The lowest BCUT2D eigenvalue weighted by molar-refractivity contribution is 0.558. The molecule has 0 atom stereocenters. The Labute approximate surface area is 82.6 Å². The molecule has 0 unspecified atom stereocenters. The number of nitrogens with zero attached hydrogens (tertiary/aromatic N) is 4. The fraction of sp³-hybridized carbons (Fsp3) is 0.300. The zero-order valence-electron chi connectivity index (χ0n) is 7.87. The minimum absolute atomic E-state index is 0.877. The summed E-state index contributed by atoms with van der Waals surface area (Å²) in [6.45, 7) is 0.877. The summed E-state index contributed by atoms with van der Waals surface area (Å²) in [5.41, 5.74) is 1.36. The van der Waals surface area contributed by atoms with E-state index in [1.54, 1.807) is 11.0 Å². The lowest BCUT2D eigenvalue weighted by atomic mass is 10.1. The zero-order chi connectivity index (χ0) is 9.64. The second-order valence-electron chi connectivity index (χ2n) is 3.16. The molecule has 1 aromatic carbocycles. The second-order valence-corrected chi connectivity index (χ2v) is 3.16. The van der Waals surface area contributed by atoms with Crippen LogP contribution in [-0.2, 0) is 13.0 Å². The van der Waals surface area contributed by atoms with Crippen molar-refractivity contribution in [2.24, 2.45) is 0 Å². The van der Waals surface area contributed by atoms with E-state index in [1.807, 2.05) is 6.07 Å². The van der Waals surface area contributed by atoms with E-state index in [0.717, 1.165) is 19.4 Å². The number of tetrazole rings is 1. The Morgan fingerprint density at radius 3 is 2.71 bits per heavy atom. The molecule has 0 bridgehead atoms. The molecular weight excluding hydrogens is 176 g/mol. The van der Waals surface area contributed by atoms with Gasteiger partial charge in [0.05, 0.1) is 0 Å². The first-order chi connectivity index (χ1) is 6.95. The third-order valence-electron chi connectivity index (χ3n) is 2.09. The highest BCUT2D eigenvalue weighted by Crippen LogP contribution is 2.02. The molecule has 4 nitrogen and oxygen atoms in total. The third-order valence-corrected chi connectivity index (χ3v) is 2.09. The van der Waals surface area contributed by atoms with Crippen LogP contribution in [0.2, 0.25) is 0 Å². The summed E-state index contributed by atoms with van der Waals surface area (Å²) in [5, 5.41) is 11.0. The van der Waals surface area contributed by atoms with Gasteiger partial charge in [0.1, 0.15) is 6.33 Å². The standard InChI is InChI=1S/C10H12N4/c1-2-5-10(6-3-1)7-4-8-14-9-11-12-13-14/h1-3,5-6,9H,4,7-8H2. The maximum Gasteiger partial charge on any atom is 0.138 e. The first kappa shape index (κ1) is 8.87. The molecule has 1 aromatic heterocycles. The number of hydrogen-bond acceptors (Lipinski definition) is 3. The fourth-order valence-corrected chi connectivity index (χ4v) is 1.37. The highest BCUT2D eigenvalue weighted by atomic mass is 15.5. The van der Waals surface area contributed by atoms with Gasteiger partial charge in [-0.3, -0.25) is 0 Å². The van der Waals surface area contributed by atoms with Crippen LogP contribution in [0.5, 0.6) is 0 Å². The Bertz CT molecular complexity index is 355. The van der Waals surface area contributed by atoms with Crippen molar-refractivity contribution in [3.8, 4) is 0 Å². The van der Waals surface area contributed by atoms with Crippen LogP contribution in [0.1, 0.15) is 12.0 Å². The second kappa shape index (κ2) is 4.50. The van der Waals surface area contributed by atoms with Gasteiger partial charge in [-0.25, -0.2) is 4.68 Å². The first-order valence-corrected chi connectivity index (χ1v) is 4.70. The molecule has 1 heterocycles. The van der Waals surface area contributed by atoms with Crippen LogP contribution < -0.4 is 0 Å². The number of hydrogen-bond donors (Lipinski definition) is 0. The molecule has 0 aliphatic carbocycles. The van der Waals surface area contributed by atoms with Gasteiger partial charge in [-0.15, -0.1) is 5.10 Å². The summed E-state index contributed by atoms with van der Waals surface area (Å²) in [7, 11) is 0. The molecule has 2 aromatic rings. The van der Waals surface area contributed by atoms with Crippen LogP contribution in [0.25, 0.3) is 0 Å². The summed E-state index contributed by atoms with van der Waals surface area (Å²) in [5.74, 6) is 0. The van der Waals surface area contributed by atoms with Crippen molar-refractivity contribution in [2.45, 2.75) is 19.4 Å². The van der Waals surface area contributed by atoms with Crippen molar-refractivity contribution >= 4 is 0 Å². The van der Waals surface area contributed by atoms with Crippen LogP contribution in [0.15, 0.2) is 36.7 Å². The van der Waals surface area contributed by atoms with Gasteiger partial charge in [-0.1, -0.05) is 30.3 Å². The predicted octanol–water partition coefficient (Wildman–Crippen LogP) is 1.31. The summed E-state index contributed by atoms with van der Waals surface area (Å²) < 4.78 is 1.75. The van der Waals surface area contributed by atoms with Crippen molar-refractivity contribution in [3.63, 3.8) is 0 Å². The van der Waals surface area contributed by atoms with E-state index in [4.69, 9.17) is 0 Å². The van der Waals surface area contributed by atoms with Crippen molar-refractivity contribution < 1.29 is 0 Å². The van der Waals surface area contributed by atoms with Gasteiger partial charge in [0, 0.05) is 6.54 Å². The van der Waals surface area contributed by atoms with Crippen LogP contribution in [-0.4, -0.2) is 20.2 Å². The van der Waals surface area contributed by atoms with Gasteiger partial charge in [-0.05, 0) is 28.8 Å². The molecule has 0 spiro atoms. The average Bonchev–Trinajstić information content (AvgIpc) is 2.72. The molecule has 14 heavy (non-hydrogen) atoms. The minimum Gasteiger partial charge on any atom is -0.232 e. The highest BCUT2D eigenvalue weighted by Gasteiger charge is 1.94. The molecule has 0 radical (unpaired) electrons. The van der Waals surface area contributed by atoms with Gasteiger partial charge in [0.25, 0.3) is 0 Å². The fourth-order valence-electron chi connectivity index (χ4n) is 1.37. The Balaban J connectivity index is 1.79. The normalized spacial score (nSPS) is 10.3. The van der Waals surface area contributed by atoms with E-state index >= 15 is 0 Å². The summed E-state index contributed by atoms with van der Waals surface area (Å²) in [6, 6.07) is 10.4. The minimum atomic E-state index is 0.877. The van der Waals surface area contributed by atoms with E-state index in [2.05, 4.69) is 39.8 Å². The Morgan fingerprint density at radius 2 is 2.00 bits per heavy atom. The lowest BCUT2D eigenvalue weighted by Crippen LogP contribution is -2.00. The number of benzene rings is 1. The molecule has 0 amide bonds. The van der Waals surface area contributed by atoms with E-state index in [0.29, 0.717) is 0 Å². The molecule has 0 aliphatic heterocycles. The lowest BCUT2D eigenvalue weighted by Gasteiger charge is -2.00. The molecular formula is C10H12N4. The number of rotatable bonds is 4. The summed E-state index contributed by atoms with van der Waals surface area (Å²) in [4.78, 5) is 0. The van der Waals surface area contributed by atoms with Crippen LogP contribution in [0.3, 0.4) is 0 Å². The molecule has 0 aliphatic rings. The van der Waals surface area contributed by atoms with E-state index < -0.39 is 0 Å². The van der Waals surface area contributed by atoms with E-state index in [9.17, 15) is 0 Å². The Kier molecular flexibility index (Phi) is 2.85. The summed E-state index contributed by atoms with van der Waals surface area (Å²) >= 11 is 0. The van der Waals surface area contributed by atoms with Crippen molar-refractivity contribution in [2.75, 3.05) is 0 Å². The summed E-state index contributed by atoms with van der Waals surface area (Å²) in [6.07, 6.45) is 3.78. The number of aryl methyl sites for hydroxylation is 2. The van der Waals surface area contributed by atoms with Gasteiger partial charge < -0.3 is 0 Å². The largest absolute Gasteiger partial charge is 0.232 e. The zero-order valence-corrected chi connectivity index (χ0v) is 7.87. The van der Waals surface area contributed by atoms with Gasteiger partial charge >= 0.3 is 0 Å². The van der Waals surface area contributed by atoms with Crippen molar-refractivity contribution in [1.82, 2.24) is 20.2 Å². The van der Waals surface area contributed by atoms with Gasteiger partial charge in [-0.2, -0.15) is 0 Å². The maximum absolute atomic E-state index is 3.80. The van der Waals surface area contributed by atoms with Crippen molar-refractivity contribution in [1.29, 1.82) is 0 Å². The van der Waals surface area contributed by atoms with Crippen molar-refractivity contribution in [3.05, 3.63) is 42.2 Å². The quantitative estimate of drug-likeness (QED) is 0.726. The third kappa shape index (κ3) is 2.39.